The highest BCUT2D eigenvalue weighted by Gasteiger charge is 2.31. The zero-order valence-corrected chi connectivity index (χ0v) is 39.7. The van der Waals surface area contributed by atoms with E-state index >= 15 is 0 Å². The lowest BCUT2D eigenvalue weighted by molar-refractivity contribution is -0.117. The minimum Gasteiger partial charge on any atom is -0.478 e. The molecule has 0 fully saturated rings. The Labute approximate surface area is 364 Å². The fraction of sp³-hybridized carbons (Fsp3) is 0.357. The number of carbonyl (C=O) groups is 6. The highest BCUT2D eigenvalue weighted by molar-refractivity contribution is 14.1. The van der Waals surface area contributed by atoms with Gasteiger partial charge in [-0.1, -0.05) is 0 Å². The smallest absolute Gasteiger partial charge is 0.338 e. The van der Waals surface area contributed by atoms with Gasteiger partial charge in [-0.2, -0.15) is 0 Å². The average molecular weight is 1370 g/mol. The minimum atomic E-state index is -3.95. The van der Waals surface area contributed by atoms with Crippen molar-refractivity contribution in [1.29, 1.82) is 0 Å². The molecule has 0 saturated heterocycles. The van der Waals surface area contributed by atoms with Crippen LogP contribution in [0.4, 0.5) is 22.7 Å². The van der Waals surface area contributed by atoms with E-state index in [0.29, 0.717) is 25.7 Å². The number of rotatable bonds is 14. The van der Waals surface area contributed by atoms with Gasteiger partial charge < -0.3 is 30.6 Å². The largest absolute Gasteiger partial charge is 0.478 e. The second-order valence-electron chi connectivity index (χ2n) is 9.97. The summed E-state index contributed by atoms with van der Waals surface area (Å²) in [4.78, 5) is 77.6. The van der Waals surface area contributed by atoms with Crippen molar-refractivity contribution >= 4 is 204 Å². The Morgan fingerprint density at radius 1 is 0.592 bits per heavy atom. The summed E-state index contributed by atoms with van der Waals surface area (Å²) in [6.45, 7) is 6.57. The summed E-state index contributed by atoms with van der Waals surface area (Å²) in [5.41, 5.74) is 0.647. The molecule has 0 atom stereocenters. The number of carboxylic acids is 2. The second kappa shape index (κ2) is 19.1. The summed E-state index contributed by atoms with van der Waals surface area (Å²) in [6, 6.07) is 0. The molecule has 2 aromatic carbocycles. The zero-order valence-electron chi connectivity index (χ0n) is 26.0. The molecule has 268 valence electrons. The van der Waals surface area contributed by atoms with Gasteiger partial charge in [0.1, 0.15) is 0 Å². The van der Waals surface area contributed by atoms with Crippen LogP contribution in [0.25, 0.3) is 0 Å². The number of amides is 4. The quantitative estimate of drug-likeness (QED) is 0.157. The Kier molecular flexibility index (Phi) is 17.4. The first-order chi connectivity index (χ1) is 22.6. The van der Waals surface area contributed by atoms with E-state index in [1.807, 2.05) is 90.4 Å². The zero-order chi connectivity index (χ0) is 37.7. The summed E-state index contributed by atoms with van der Waals surface area (Å²) in [5, 5.41) is 25.0. The Morgan fingerprint density at radius 2 is 0.898 bits per heavy atom. The minimum absolute atomic E-state index is 0.117. The number of hydrogen-bond donors (Lipinski definition) is 4. The van der Waals surface area contributed by atoms with Crippen molar-refractivity contribution in [3.05, 3.63) is 32.5 Å². The Morgan fingerprint density at radius 3 is 1.14 bits per heavy atom. The lowest BCUT2D eigenvalue weighted by atomic mass is 10.1. The van der Waals surface area contributed by atoms with Gasteiger partial charge in [-0.05, 0) is 149 Å². The number of halogens is 6. The van der Waals surface area contributed by atoms with Crippen molar-refractivity contribution in [1.82, 2.24) is 0 Å². The molecule has 2 aromatic rings. The molecule has 0 radical (unpaired) electrons. The van der Waals surface area contributed by atoms with Gasteiger partial charge in [-0.25, -0.2) is 18.0 Å². The van der Waals surface area contributed by atoms with Gasteiger partial charge in [0.15, 0.2) is 9.84 Å². The van der Waals surface area contributed by atoms with E-state index in [1.165, 1.54) is 23.6 Å². The van der Waals surface area contributed by atoms with Crippen LogP contribution in [0, 0.1) is 21.4 Å². The van der Waals surface area contributed by atoms with Crippen molar-refractivity contribution in [3.63, 3.8) is 0 Å². The van der Waals surface area contributed by atoms with Crippen LogP contribution < -0.4 is 20.4 Å². The van der Waals surface area contributed by atoms with Crippen molar-refractivity contribution in [2.45, 2.75) is 40.5 Å². The van der Waals surface area contributed by atoms with Crippen LogP contribution in [-0.4, -0.2) is 78.8 Å². The molecule has 0 saturated carbocycles. The molecule has 0 aliphatic carbocycles. The van der Waals surface area contributed by atoms with Gasteiger partial charge in [-0.3, -0.25) is 19.2 Å². The fourth-order valence-electron chi connectivity index (χ4n) is 4.45. The number of anilines is 4. The van der Waals surface area contributed by atoms with E-state index in [2.05, 4.69) is 10.6 Å². The number of hydrogen-bond acceptors (Lipinski definition) is 8. The summed E-state index contributed by atoms with van der Waals surface area (Å²) < 4.78 is 27.6. The monoisotopic (exact) mass is 1370 g/mol. The molecular formula is C28H28I6N4O10S. The van der Waals surface area contributed by atoms with Crippen LogP contribution in [-0.2, 0) is 29.0 Å². The molecule has 0 aliphatic heterocycles. The number of benzene rings is 2. The molecule has 14 nitrogen and oxygen atoms in total. The second-order valence-corrected chi connectivity index (χ2v) is 18.7. The van der Waals surface area contributed by atoms with E-state index in [9.17, 15) is 47.4 Å². The SMILES string of the molecule is CCN(C(C)=O)c1c(I)c(NC(=O)CCS(=O)(=O)CCC(=O)Nc2c(I)c(C(=O)O)c(I)c(N(CC)C(C)=O)c2I)c(I)c(C(=O)O)c1I. The Hall–Kier alpha value is -0.410. The highest BCUT2D eigenvalue weighted by Crippen LogP contribution is 2.42. The molecule has 0 heterocycles. The van der Waals surface area contributed by atoms with E-state index in [-0.39, 0.29) is 54.5 Å². The van der Waals surface area contributed by atoms with Crippen molar-refractivity contribution in [2.24, 2.45) is 0 Å². The molecule has 0 unspecified atom stereocenters. The molecule has 0 aliphatic rings. The number of nitrogens with one attached hydrogen (secondary N) is 2. The van der Waals surface area contributed by atoms with Gasteiger partial charge in [-0.15, -0.1) is 0 Å². The summed E-state index contributed by atoms with van der Waals surface area (Å²) in [6.07, 6.45) is -1.000. The van der Waals surface area contributed by atoms with Crippen LogP contribution in [0.5, 0.6) is 0 Å². The van der Waals surface area contributed by atoms with Gasteiger partial charge >= 0.3 is 11.9 Å². The molecule has 21 heteroatoms. The van der Waals surface area contributed by atoms with Gasteiger partial charge in [0.05, 0.1) is 66.8 Å². The highest BCUT2D eigenvalue weighted by atomic mass is 127. The molecule has 0 aromatic heterocycles. The van der Waals surface area contributed by atoms with Crippen LogP contribution in [0.1, 0.15) is 61.3 Å². The predicted molar refractivity (Wildman–Crippen MR) is 236 cm³/mol. The normalized spacial score (nSPS) is 11.1. The molecule has 0 bridgehead atoms. The number of carboxylic acid groups (broad SMARTS) is 2. The van der Waals surface area contributed by atoms with Crippen LogP contribution in [0.2, 0.25) is 0 Å². The third kappa shape index (κ3) is 10.8. The summed E-state index contributed by atoms with van der Waals surface area (Å²) in [7, 11) is -3.95. The van der Waals surface area contributed by atoms with Crippen molar-refractivity contribution in [3.8, 4) is 0 Å². The maximum absolute atomic E-state index is 13.0. The van der Waals surface area contributed by atoms with E-state index in [0.717, 1.165) is 0 Å². The lowest BCUT2D eigenvalue weighted by Gasteiger charge is -2.26. The molecular weight excluding hydrogens is 1350 g/mol. The predicted octanol–water partition coefficient (Wildman–Crippen LogP) is 6.23. The van der Waals surface area contributed by atoms with Gasteiger partial charge in [0.25, 0.3) is 0 Å². The number of aromatic carboxylic acids is 2. The first-order valence-electron chi connectivity index (χ1n) is 13.9. The van der Waals surface area contributed by atoms with Crippen molar-refractivity contribution in [2.75, 3.05) is 45.0 Å². The van der Waals surface area contributed by atoms with E-state index < -0.39 is 57.9 Å². The van der Waals surface area contributed by atoms with Gasteiger partial charge in [0.2, 0.25) is 23.6 Å². The standard InChI is InChI=1S/C28H28I6N4O10S/c1-5-37(11(3)39)25-19(31)15(27(43)44)17(29)23(21(25)33)35-13(41)7-9-49(47,48)10-8-14(42)36-24-18(30)16(28(45)46)20(32)26(22(24)34)38(6-2)12(4)40/h5-10H2,1-4H3,(H,35,41)(H,36,42)(H,43,44)(H,45,46). The van der Waals surface area contributed by atoms with E-state index in [4.69, 9.17) is 0 Å². The van der Waals surface area contributed by atoms with Crippen LogP contribution in [0.3, 0.4) is 0 Å². The molecule has 4 N–H and O–H groups in total. The van der Waals surface area contributed by atoms with Crippen LogP contribution >= 0.6 is 136 Å². The third-order valence-electron chi connectivity index (χ3n) is 6.76. The lowest BCUT2D eigenvalue weighted by Crippen LogP contribution is -2.31. The maximum atomic E-state index is 13.0. The van der Waals surface area contributed by atoms with Gasteiger partial charge in [0, 0.05) is 39.8 Å². The van der Waals surface area contributed by atoms with E-state index in [1.54, 1.807) is 59.0 Å². The van der Waals surface area contributed by atoms with Crippen LogP contribution in [0.15, 0.2) is 0 Å². The first-order valence-corrected chi connectivity index (χ1v) is 22.2. The summed E-state index contributed by atoms with van der Waals surface area (Å²) in [5.74, 6) is -5.89. The molecule has 2 rings (SSSR count). The molecule has 49 heavy (non-hydrogen) atoms. The fourth-order valence-corrected chi connectivity index (χ4v) is 14.6. The number of carbonyl (C=O) groups excluding carboxylic acids is 4. The summed E-state index contributed by atoms with van der Waals surface area (Å²) >= 11 is 11.1. The molecule has 0 spiro atoms. The molecule has 4 amide bonds. The number of nitrogens with zero attached hydrogens (tertiary/aromatic N) is 2. The Bertz CT molecular complexity index is 1730. The maximum Gasteiger partial charge on any atom is 0.338 e. The van der Waals surface area contributed by atoms with Crippen molar-refractivity contribution < 1.29 is 47.4 Å². The third-order valence-corrected chi connectivity index (χ3v) is 14.8. The first kappa shape index (κ1) is 44.7. The number of sulfone groups is 1. The average Bonchev–Trinajstić information content (AvgIpc) is 2.99. The Balaban J connectivity index is 2.28. The topological polar surface area (TPSA) is 208 Å².